The number of fused-ring (bicyclic) bond motifs is 1. The van der Waals surface area contributed by atoms with Crippen molar-refractivity contribution in [3.8, 4) is 11.5 Å². The second-order valence-electron chi connectivity index (χ2n) is 6.14. The molecule has 0 saturated carbocycles. The Bertz CT molecular complexity index is 782. The van der Waals surface area contributed by atoms with Gasteiger partial charge >= 0.3 is 0 Å². The first-order chi connectivity index (χ1) is 12.7. The molecule has 0 N–H and O–H groups in total. The van der Waals surface area contributed by atoms with E-state index in [1.54, 1.807) is 11.8 Å². The molecular weight excluding hydrogens is 350 g/mol. The minimum Gasteiger partial charge on any atom is -0.464 e. The first kappa shape index (κ1) is 18.6. The molecule has 0 unspecified atom stereocenters. The standard InChI is InChI=1S/C19H23N3O3S/c1-22(2)11-16-4-5-17(25-16)12-26-8-7-20-13-21-10-15-3-6-18-19(9-15)24-14-23-18/h3-6,9H,7-8,10-12,14H2,1-2H3. The van der Waals surface area contributed by atoms with Gasteiger partial charge in [0.25, 0.3) is 0 Å². The van der Waals surface area contributed by atoms with Gasteiger partial charge in [-0.15, -0.1) is 0 Å². The third kappa shape index (κ3) is 5.66. The lowest BCUT2D eigenvalue weighted by atomic mass is 10.2. The van der Waals surface area contributed by atoms with Crippen LogP contribution in [0.4, 0.5) is 0 Å². The van der Waals surface area contributed by atoms with Crippen molar-refractivity contribution in [2.75, 3.05) is 33.2 Å². The van der Waals surface area contributed by atoms with Gasteiger partial charge in [0.15, 0.2) is 11.5 Å². The highest BCUT2D eigenvalue weighted by molar-refractivity contribution is 7.98. The van der Waals surface area contributed by atoms with Gasteiger partial charge in [0, 0.05) is 5.75 Å². The molecule has 1 aromatic carbocycles. The lowest BCUT2D eigenvalue weighted by Gasteiger charge is -2.05. The SMILES string of the molecule is CN(C)Cc1ccc(CSCCN=C=NCc2ccc3c(c2)OCO3)o1. The quantitative estimate of drug-likeness (QED) is 0.496. The molecule has 0 spiro atoms. The number of rotatable bonds is 9. The van der Waals surface area contributed by atoms with E-state index in [1.165, 1.54) is 0 Å². The Morgan fingerprint density at radius 3 is 2.81 bits per heavy atom. The number of hydrogen-bond acceptors (Lipinski definition) is 7. The van der Waals surface area contributed by atoms with Crippen LogP contribution in [-0.4, -0.2) is 44.1 Å². The summed E-state index contributed by atoms with van der Waals surface area (Å²) in [5, 5.41) is 0. The fourth-order valence-electron chi connectivity index (χ4n) is 2.45. The van der Waals surface area contributed by atoms with E-state index in [0.29, 0.717) is 13.1 Å². The van der Waals surface area contributed by atoms with Gasteiger partial charge in [-0.25, -0.2) is 9.98 Å². The van der Waals surface area contributed by atoms with E-state index in [0.717, 1.165) is 46.6 Å². The van der Waals surface area contributed by atoms with Crippen LogP contribution in [0.5, 0.6) is 11.5 Å². The van der Waals surface area contributed by atoms with E-state index >= 15 is 0 Å². The van der Waals surface area contributed by atoms with Crippen LogP contribution in [0.15, 0.2) is 44.7 Å². The van der Waals surface area contributed by atoms with Gasteiger partial charge in [-0.05, 0) is 43.9 Å². The van der Waals surface area contributed by atoms with Crippen molar-refractivity contribution in [3.05, 3.63) is 47.4 Å². The molecule has 0 amide bonds. The largest absolute Gasteiger partial charge is 0.464 e. The molecule has 0 atom stereocenters. The lowest BCUT2D eigenvalue weighted by Crippen LogP contribution is -2.09. The number of ether oxygens (including phenoxy) is 2. The maximum absolute atomic E-state index is 5.77. The van der Waals surface area contributed by atoms with E-state index in [9.17, 15) is 0 Å². The van der Waals surface area contributed by atoms with Gasteiger partial charge in [-0.3, -0.25) is 0 Å². The topological polar surface area (TPSA) is 59.6 Å². The average molecular weight is 373 g/mol. The third-order valence-electron chi connectivity index (χ3n) is 3.62. The van der Waals surface area contributed by atoms with E-state index in [-0.39, 0.29) is 6.79 Å². The highest BCUT2D eigenvalue weighted by atomic mass is 32.2. The summed E-state index contributed by atoms with van der Waals surface area (Å²) in [6, 6.07) is 12.7. The smallest absolute Gasteiger partial charge is 0.231 e. The second kappa shape index (κ2) is 9.48. The molecule has 26 heavy (non-hydrogen) atoms. The van der Waals surface area contributed by atoms with Crippen LogP contribution < -0.4 is 9.47 Å². The van der Waals surface area contributed by atoms with Crippen LogP contribution in [0.3, 0.4) is 0 Å². The minimum absolute atomic E-state index is 0.288. The van der Waals surface area contributed by atoms with Crippen molar-refractivity contribution >= 4 is 17.8 Å². The summed E-state index contributed by atoms with van der Waals surface area (Å²) in [6.45, 7) is 2.35. The highest BCUT2D eigenvalue weighted by Gasteiger charge is 2.12. The maximum Gasteiger partial charge on any atom is 0.231 e. The molecule has 3 rings (SSSR count). The van der Waals surface area contributed by atoms with Crippen molar-refractivity contribution in [1.29, 1.82) is 0 Å². The Labute approximate surface area is 157 Å². The normalized spacial score (nSPS) is 12.3. The fourth-order valence-corrected chi connectivity index (χ4v) is 3.17. The average Bonchev–Trinajstić information content (AvgIpc) is 3.25. The zero-order valence-corrected chi connectivity index (χ0v) is 15.9. The number of thioether (sulfide) groups is 1. The summed E-state index contributed by atoms with van der Waals surface area (Å²) in [7, 11) is 4.06. The summed E-state index contributed by atoms with van der Waals surface area (Å²) in [5.74, 6) is 5.34. The summed E-state index contributed by atoms with van der Waals surface area (Å²) in [4.78, 5) is 10.5. The van der Waals surface area contributed by atoms with Crippen molar-refractivity contribution in [2.45, 2.75) is 18.8 Å². The van der Waals surface area contributed by atoms with Gasteiger partial charge in [-0.1, -0.05) is 6.07 Å². The van der Waals surface area contributed by atoms with Crippen LogP contribution in [0.25, 0.3) is 0 Å². The van der Waals surface area contributed by atoms with Gasteiger partial charge in [0.05, 0.1) is 31.4 Å². The van der Waals surface area contributed by atoms with Gasteiger partial charge in [0.1, 0.15) is 11.5 Å². The maximum atomic E-state index is 5.77. The van der Waals surface area contributed by atoms with Crippen LogP contribution in [0.1, 0.15) is 17.1 Å². The molecule has 0 radical (unpaired) electrons. The molecule has 1 aliphatic heterocycles. The predicted molar refractivity (Wildman–Crippen MR) is 103 cm³/mol. The van der Waals surface area contributed by atoms with Crippen LogP contribution in [-0.2, 0) is 18.8 Å². The Hall–Kier alpha value is -2.21. The van der Waals surface area contributed by atoms with Gasteiger partial charge in [-0.2, -0.15) is 11.8 Å². The molecule has 2 aromatic rings. The Morgan fingerprint density at radius 1 is 1.08 bits per heavy atom. The molecular formula is C19H23N3O3S. The lowest BCUT2D eigenvalue weighted by molar-refractivity contribution is 0.174. The molecule has 7 heteroatoms. The molecule has 138 valence electrons. The predicted octanol–water partition coefficient (Wildman–Crippen LogP) is 3.68. The Morgan fingerprint density at radius 2 is 1.92 bits per heavy atom. The molecule has 6 nitrogen and oxygen atoms in total. The van der Waals surface area contributed by atoms with E-state index in [2.05, 4.69) is 20.9 Å². The zero-order valence-electron chi connectivity index (χ0n) is 15.1. The van der Waals surface area contributed by atoms with Crippen molar-refractivity contribution in [1.82, 2.24) is 4.90 Å². The molecule has 1 aromatic heterocycles. The molecule has 0 aliphatic carbocycles. The van der Waals surface area contributed by atoms with E-state index in [1.807, 2.05) is 44.4 Å². The van der Waals surface area contributed by atoms with Crippen LogP contribution >= 0.6 is 11.8 Å². The van der Waals surface area contributed by atoms with Gasteiger partial charge < -0.3 is 18.8 Å². The molecule has 0 saturated heterocycles. The van der Waals surface area contributed by atoms with Crippen LogP contribution in [0, 0.1) is 0 Å². The summed E-state index contributed by atoms with van der Waals surface area (Å²) >= 11 is 1.79. The first-order valence-corrected chi connectivity index (χ1v) is 9.63. The molecule has 0 fully saturated rings. The van der Waals surface area contributed by atoms with E-state index < -0.39 is 0 Å². The monoisotopic (exact) mass is 373 g/mol. The highest BCUT2D eigenvalue weighted by Crippen LogP contribution is 2.32. The van der Waals surface area contributed by atoms with Crippen molar-refractivity contribution in [3.63, 3.8) is 0 Å². The Kier molecular flexibility index (Phi) is 6.77. The van der Waals surface area contributed by atoms with Gasteiger partial charge in [0.2, 0.25) is 6.79 Å². The van der Waals surface area contributed by atoms with Crippen LogP contribution in [0.2, 0.25) is 0 Å². The number of furan rings is 1. The zero-order chi connectivity index (χ0) is 18.2. The number of hydrogen-bond donors (Lipinski definition) is 0. The second-order valence-corrected chi connectivity index (χ2v) is 7.25. The minimum atomic E-state index is 0.288. The number of nitrogens with zero attached hydrogens (tertiary/aromatic N) is 3. The van der Waals surface area contributed by atoms with E-state index in [4.69, 9.17) is 13.9 Å². The molecule has 0 bridgehead atoms. The molecule has 1 aliphatic rings. The van der Waals surface area contributed by atoms with Crippen molar-refractivity contribution in [2.24, 2.45) is 9.98 Å². The number of aliphatic imine (C=N–C) groups is 2. The summed E-state index contributed by atoms with van der Waals surface area (Å²) < 4.78 is 16.4. The number of benzene rings is 1. The third-order valence-corrected chi connectivity index (χ3v) is 4.58. The summed E-state index contributed by atoms with van der Waals surface area (Å²) in [6.07, 6.45) is 0. The molecule has 2 heterocycles. The van der Waals surface area contributed by atoms with Crippen molar-refractivity contribution < 1.29 is 13.9 Å². The fraction of sp³-hybridized carbons (Fsp3) is 0.421. The Balaban J connectivity index is 1.33. The first-order valence-electron chi connectivity index (χ1n) is 8.47. The summed E-state index contributed by atoms with van der Waals surface area (Å²) in [5.41, 5.74) is 1.05.